The molecule has 1 aromatic carbocycles. The van der Waals surface area contributed by atoms with E-state index < -0.39 is 17.6 Å². The van der Waals surface area contributed by atoms with Crippen molar-refractivity contribution in [2.75, 3.05) is 0 Å². The zero-order chi connectivity index (χ0) is 15.1. The van der Waals surface area contributed by atoms with Crippen LogP contribution in [-0.4, -0.2) is 4.98 Å². The Kier molecular flexibility index (Phi) is 3.84. The van der Waals surface area contributed by atoms with Gasteiger partial charge in [0.05, 0.1) is 11.3 Å². The van der Waals surface area contributed by atoms with Crippen LogP contribution < -0.4 is 5.73 Å². The van der Waals surface area contributed by atoms with Gasteiger partial charge in [-0.05, 0) is 32.0 Å². The monoisotopic (exact) mass is 304 g/mol. The molecule has 0 amide bonds. The molecule has 1 atom stereocenters. The number of hydrogen-bond acceptors (Lipinski definition) is 3. The zero-order valence-corrected chi connectivity index (χ0v) is 11.6. The molecule has 2 rings (SSSR count). The maximum Gasteiger partial charge on any atom is 0.416 e. The average molecular weight is 304 g/mol. The Morgan fingerprint density at radius 3 is 2.45 bits per heavy atom. The van der Waals surface area contributed by atoms with Gasteiger partial charge in [-0.3, -0.25) is 0 Å². The molecule has 0 aliphatic rings. The van der Waals surface area contributed by atoms with Gasteiger partial charge in [-0.2, -0.15) is 13.2 Å². The summed E-state index contributed by atoms with van der Waals surface area (Å²) in [6.07, 6.45) is -4.52. The molecule has 0 fully saturated rings. The van der Waals surface area contributed by atoms with Crippen LogP contribution in [0.4, 0.5) is 17.6 Å². The predicted molar refractivity (Wildman–Crippen MR) is 69.8 cm³/mol. The van der Waals surface area contributed by atoms with E-state index in [1.165, 1.54) is 0 Å². The highest BCUT2D eigenvalue weighted by Gasteiger charge is 2.31. The van der Waals surface area contributed by atoms with Gasteiger partial charge in [0.1, 0.15) is 10.8 Å². The quantitative estimate of drug-likeness (QED) is 0.840. The smallest absolute Gasteiger partial charge is 0.323 e. The van der Waals surface area contributed by atoms with E-state index in [-0.39, 0.29) is 16.6 Å². The number of hydrogen-bond donors (Lipinski definition) is 1. The lowest BCUT2D eigenvalue weighted by Gasteiger charge is -2.08. The van der Waals surface area contributed by atoms with Crippen molar-refractivity contribution in [1.29, 1.82) is 0 Å². The van der Waals surface area contributed by atoms with Crippen LogP contribution in [0.1, 0.15) is 29.1 Å². The fourth-order valence-electron chi connectivity index (χ4n) is 1.81. The molecule has 0 bridgehead atoms. The third kappa shape index (κ3) is 2.83. The van der Waals surface area contributed by atoms with Crippen LogP contribution >= 0.6 is 11.3 Å². The molecular weight excluding hydrogens is 292 g/mol. The topological polar surface area (TPSA) is 38.9 Å². The van der Waals surface area contributed by atoms with Crippen molar-refractivity contribution < 1.29 is 17.6 Å². The van der Waals surface area contributed by atoms with E-state index in [1.807, 2.05) is 0 Å². The van der Waals surface area contributed by atoms with Gasteiger partial charge in [-0.25, -0.2) is 9.37 Å². The number of rotatable bonds is 2. The van der Waals surface area contributed by atoms with Gasteiger partial charge in [-0.15, -0.1) is 11.3 Å². The second-order valence-electron chi connectivity index (χ2n) is 4.45. The molecule has 0 spiro atoms. The Morgan fingerprint density at radius 1 is 1.30 bits per heavy atom. The first-order valence-corrected chi connectivity index (χ1v) is 6.62. The summed E-state index contributed by atoms with van der Waals surface area (Å²) in [5.41, 5.74) is 5.30. The molecule has 2 N–H and O–H groups in total. The Labute approximate surface area is 117 Å². The van der Waals surface area contributed by atoms with Gasteiger partial charge in [0.15, 0.2) is 0 Å². The van der Waals surface area contributed by atoms with Gasteiger partial charge >= 0.3 is 6.18 Å². The molecule has 108 valence electrons. The number of thiazole rings is 1. The van der Waals surface area contributed by atoms with E-state index in [4.69, 9.17) is 5.73 Å². The fourth-order valence-corrected chi connectivity index (χ4v) is 2.85. The van der Waals surface area contributed by atoms with Crippen molar-refractivity contribution in [2.24, 2.45) is 5.73 Å². The normalized spacial score (nSPS) is 13.6. The maximum absolute atomic E-state index is 13.8. The Morgan fingerprint density at radius 2 is 1.95 bits per heavy atom. The minimum Gasteiger partial charge on any atom is -0.323 e. The van der Waals surface area contributed by atoms with Crippen LogP contribution in [0.2, 0.25) is 0 Å². The van der Waals surface area contributed by atoms with Crippen molar-refractivity contribution >= 4 is 11.3 Å². The van der Waals surface area contributed by atoms with Crippen molar-refractivity contribution in [1.82, 2.24) is 4.98 Å². The first kappa shape index (κ1) is 14.9. The SMILES string of the molecule is Cc1nc(-c2cc(C(F)(F)F)ccc2F)sc1C(C)N. The third-order valence-corrected chi connectivity index (χ3v) is 4.16. The summed E-state index contributed by atoms with van der Waals surface area (Å²) in [6.45, 7) is 3.44. The van der Waals surface area contributed by atoms with Crippen LogP contribution in [0.5, 0.6) is 0 Å². The van der Waals surface area contributed by atoms with Crippen LogP contribution in [0.15, 0.2) is 18.2 Å². The Hall–Kier alpha value is -1.47. The van der Waals surface area contributed by atoms with Gasteiger partial charge in [0.2, 0.25) is 0 Å². The van der Waals surface area contributed by atoms with Crippen LogP contribution in [-0.2, 0) is 6.18 Å². The van der Waals surface area contributed by atoms with E-state index in [0.717, 1.165) is 28.3 Å². The molecule has 20 heavy (non-hydrogen) atoms. The van der Waals surface area contributed by atoms with Gasteiger partial charge in [0, 0.05) is 16.5 Å². The van der Waals surface area contributed by atoms with Crippen LogP contribution in [0.25, 0.3) is 10.6 Å². The van der Waals surface area contributed by atoms with E-state index in [9.17, 15) is 17.6 Å². The van der Waals surface area contributed by atoms with E-state index in [1.54, 1.807) is 13.8 Å². The average Bonchev–Trinajstić information content (AvgIpc) is 2.70. The Bertz CT molecular complexity index is 632. The number of aryl methyl sites for hydroxylation is 1. The lowest BCUT2D eigenvalue weighted by Crippen LogP contribution is -2.05. The van der Waals surface area contributed by atoms with Crippen LogP contribution in [0.3, 0.4) is 0 Å². The summed E-state index contributed by atoms with van der Waals surface area (Å²) >= 11 is 1.11. The van der Waals surface area contributed by atoms with Gasteiger partial charge in [-0.1, -0.05) is 0 Å². The second-order valence-corrected chi connectivity index (χ2v) is 5.48. The molecule has 0 saturated carbocycles. The van der Waals surface area contributed by atoms with Crippen LogP contribution in [0, 0.1) is 12.7 Å². The summed E-state index contributed by atoms with van der Waals surface area (Å²) in [7, 11) is 0. The number of nitrogens with zero attached hydrogens (tertiary/aromatic N) is 1. The lowest BCUT2D eigenvalue weighted by molar-refractivity contribution is -0.137. The highest BCUT2D eigenvalue weighted by Crippen LogP contribution is 2.36. The Balaban J connectivity index is 2.55. The highest BCUT2D eigenvalue weighted by atomic mass is 32.1. The summed E-state index contributed by atoms with van der Waals surface area (Å²) in [4.78, 5) is 4.85. The predicted octanol–water partition coefficient (Wildman–Crippen LogP) is 4.30. The van der Waals surface area contributed by atoms with E-state index >= 15 is 0 Å². The lowest BCUT2D eigenvalue weighted by atomic mass is 10.1. The van der Waals surface area contributed by atoms with Gasteiger partial charge < -0.3 is 5.73 Å². The molecule has 1 heterocycles. The van der Waals surface area contributed by atoms with E-state index in [2.05, 4.69) is 4.98 Å². The zero-order valence-electron chi connectivity index (χ0n) is 10.8. The number of benzene rings is 1. The molecular formula is C13H12F4N2S. The third-order valence-electron chi connectivity index (χ3n) is 2.77. The summed E-state index contributed by atoms with van der Waals surface area (Å²) in [5, 5.41) is 0.207. The van der Waals surface area contributed by atoms with Crippen molar-refractivity contribution in [2.45, 2.75) is 26.1 Å². The second kappa shape index (κ2) is 5.14. The first-order valence-electron chi connectivity index (χ1n) is 5.80. The maximum atomic E-state index is 13.8. The van der Waals surface area contributed by atoms with Crippen molar-refractivity contribution in [3.63, 3.8) is 0 Å². The molecule has 7 heteroatoms. The summed E-state index contributed by atoms with van der Waals surface area (Å²) < 4.78 is 51.8. The molecule has 0 aliphatic heterocycles. The van der Waals surface area contributed by atoms with Crippen molar-refractivity contribution in [3.05, 3.63) is 40.2 Å². The largest absolute Gasteiger partial charge is 0.416 e. The molecule has 2 aromatic rings. The summed E-state index contributed by atoms with van der Waals surface area (Å²) in [6, 6.07) is 2.00. The summed E-state index contributed by atoms with van der Waals surface area (Å²) in [5.74, 6) is -0.733. The number of aromatic nitrogens is 1. The minimum atomic E-state index is -4.52. The number of nitrogens with two attached hydrogens (primary N) is 1. The van der Waals surface area contributed by atoms with Gasteiger partial charge in [0.25, 0.3) is 0 Å². The standard InChI is InChI=1S/C13H12F4N2S/c1-6(18)11-7(2)19-12(20-11)9-5-8(13(15,16)17)3-4-10(9)14/h3-6H,18H2,1-2H3. The first-order chi connectivity index (χ1) is 9.20. The van der Waals surface area contributed by atoms with E-state index in [0.29, 0.717) is 11.8 Å². The minimum absolute atomic E-state index is 0.153. The highest BCUT2D eigenvalue weighted by molar-refractivity contribution is 7.15. The molecule has 2 nitrogen and oxygen atoms in total. The fraction of sp³-hybridized carbons (Fsp3) is 0.308. The number of alkyl halides is 3. The molecule has 0 radical (unpaired) electrons. The molecule has 0 saturated heterocycles. The molecule has 1 aromatic heterocycles. The molecule has 0 aliphatic carbocycles. The number of halogens is 4. The molecule has 1 unspecified atom stereocenters. The van der Waals surface area contributed by atoms with Crippen molar-refractivity contribution in [3.8, 4) is 10.6 Å².